The summed E-state index contributed by atoms with van der Waals surface area (Å²) in [6.07, 6.45) is 0.822. The van der Waals surface area contributed by atoms with Gasteiger partial charge < -0.3 is 19.2 Å². The molecule has 0 atom stereocenters. The van der Waals surface area contributed by atoms with E-state index in [4.69, 9.17) is 13.9 Å². The lowest BCUT2D eigenvalue weighted by Gasteiger charge is -2.17. The highest BCUT2D eigenvalue weighted by Crippen LogP contribution is 2.41. The van der Waals surface area contributed by atoms with Crippen molar-refractivity contribution in [3.8, 4) is 23.3 Å². The third kappa shape index (κ3) is 4.39. The molecule has 1 aliphatic heterocycles. The van der Waals surface area contributed by atoms with Crippen LogP contribution in [-0.2, 0) is 6.42 Å². The second kappa shape index (κ2) is 7.41. The quantitative estimate of drug-likeness (QED) is 0.493. The predicted octanol–water partition coefficient (Wildman–Crippen LogP) is 2.71. The Hall–Kier alpha value is -3.47. The van der Waals surface area contributed by atoms with Gasteiger partial charge in [0.05, 0.1) is 12.6 Å². The molecule has 0 unspecified atom stereocenters. The van der Waals surface area contributed by atoms with E-state index >= 15 is 0 Å². The van der Waals surface area contributed by atoms with Crippen molar-refractivity contribution in [3.63, 3.8) is 0 Å². The van der Waals surface area contributed by atoms with Crippen LogP contribution >= 0.6 is 0 Å². The van der Waals surface area contributed by atoms with E-state index in [9.17, 15) is 14.9 Å². The summed E-state index contributed by atoms with van der Waals surface area (Å²) in [7, 11) is 0. The summed E-state index contributed by atoms with van der Waals surface area (Å²) in [5, 5.41) is 13.0. The van der Waals surface area contributed by atoms with E-state index in [-0.39, 0.29) is 24.5 Å². The fourth-order valence-corrected chi connectivity index (χ4v) is 2.69. The molecule has 0 radical (unpaired) electrons. The van der Waals surface area contributed by atoms with Crippen molar-refractivity contribution in [2.45, 2.75) is 25.9 Å². The summed E-state index contributed by atoms with van der Waals surface area (Å²) < 4.78 is 16.4. The van der Waals surface area contributed by atoms with Gasteiger partial charge in [0.1, 0.15) is 17.1 Å². The molecule has 0 fully saturated rings. The van der Waals surface area contributed by atoms with Crippen LogP contribution in [-0.4, -0.2) is 29.6 Å². The number of rotatable bonds is 5. The highest BCUT2D eigenvalue weighted by Gasteiger charge is 2.32. The van der Waals surface area contributed by atoms with Crippen molar-refractivity contribution in [2.24, 2.45) is 0 Å². The van der Waals surface area contributed by atoms with Crippen molar-refractivity contribution >= 4 is 11.8 Å². The number of fused-ring (bicyclic) bond motifs is 1. The van der Waals surface area contributed by atoms with Gasteiger partial charge in [-0.15, -0.1) is 0 Å². The Morgan fingerprint density at radius 3 is 2.89 bits per heavy atom. The molecule has 1 aliphatic rings. The summed E-state index contributed by atoms with van der Waals surface area (Å²) in [6.45, 7) is 4.25. The summed E-state index contributed by atoms with van der Waals surface area (Å²) in [5.41, 5.74) is 0.851. The van der Waals surface area contributed by atoms with E-state index in [0.717, 1.165) is 23.8 Å². The standard InChI is InChI=1S/C19H18N2O6/c1-19(2)12-13-6-5-7-14(17(13)27-19)25-11-4-3-10-20-18(22)15-8-9-16(26-15)21(23)24/h5-9H,10-12H2,1-2H3,(H,20,22). The zero-order valence-corrected chi connectivity index (χ0v) is 14.9. The maximum Gasteiger partial charge on any atom is 0.433 e. The average Bonchev–Trinajstić information content (AvgIpc) is 3.21. The summed E-state index contributed by atoms with van der Waals surface area (Å²) in [4.78, 5) is 21.6. The second-order valence-corrected chi connectivity index (χ2v) is 6.50. The molecule has 2 aromatic rings. The molecule has 0 bridgehead atoms. The van der Waals surface area contributed by atoms with Gasteiger partial charge in [-0.3, -0.25) is 14.9 Å². The van der Waals surface area contributed by atoms with Gasteiger partial charge in [0.2, 0.25) is 0 Å². The zero-order valence-electron chi connectivity index (χ0n) is 14.9. The first kappa shape index (κ1) is 18.3. The SMILES string of the molecule is CC1(C)Cc2cccc(OCC#CCNC(=O)c3ccc([N+](=O)[O-])o3)c2O1. The first-order chi connectivity index (χ1) is 12.9. The molecule has 0 saturated carbocycles. The number of ether oxygens (including phenoxy) is 2. The molecule has 1 amide bonds. The molecule has 0 spiro atoms. The number of para-hydroxylation sites is 1. The van der Waals surface area contributed by atoms with E-state index < -0.39 is 16.7 Å². The molecule has 1 aromatic heterocycles. The molecular weight excluding hydrogens is 352 g/mol. The van der Waals surface area contributed by atoms with Crippen LogP contribution in [0.5, 0.6) is 11.5 Å². The summed E-state index contributed by atoms with van der Waals surface area (Å²) >= 11 is 0. The van der Waals surface area contributed by atoms with Crippen molar-refractivity contribution in [1.29, 1.82) is 0 Å². The van der Waals surface area contributed by atoms with Crippen LogP contribution in [0.15, 0.2) is 34.7 Å². The molecule has 0 aliphatic carbocycles. The number of amides is 1. The van der Waals surface area contributed by atoms with Gasteiger partial charge in [-0.2, -0.15) is 0 Å². The summed E-state index contributed by atoms with van der Waals surface area (Å²) in [5.74, 6) is 5.73. The van der Waals surface area contributed by atoms with Crippen LogP contribution in [0.1, 0.15) is 30.0 Å². The van der Waals surface area contributed by atoms with Gasteiger partial charge in [0.25, 0.3) is 5.91 Å². The fraction of sp³-hybridized carbons (Fsp3) is 0.316. The fourth-order valence-electron chi connectivity index (χ4n) is 2.69. The van der Waals surface area contributed by atoms with Crippen LogP contribution in [0.3, 0.4) is 0 Å². The number of carbonyl (C=O) groups excluding carboxylic acids is 1. The number of nitrogens with one attached hydrogen (secondary N) is 1. The maximum absolute atomic E-state index is 11.8. The minimum absolute atomic E-state index is 0.0626. The van der Waals surface area contributed by atoms with Crippen molar-refractivity contribution in [1.82, 2.24) is 5.32 Å². The molecular formula is C19H18N2O6. The number of furan rings is 1. The Morgan fingerprint density at radius 1 is 1.33 bits per heavy atom. The number of nitro groups is 1. The Kier molecular flexibility index (Phi) is 5.03. The van der Waals surface area contributed by atoms with Crippen LogP contribution in [0.25, 0.3) is 0 Å². The first-order valence-electron chi connectivity index (χ1n) is 8.27. The van der Waals surface area contributed by atoms with Gasteiger partial charge >= 0.3 is 5.88 Å². The van der Waals surface area contributed by atoms with E-state index in [2.05, 4.69) is 17.2 Å². The molecule has 140 valence electrons. The first-order valence-corrected chi connectivity index (χ1v) is 8.27. The zero-order chi connectivity index (χ0) is 19.4. The molecule has 2 heterocycles. The third-order valence-corrected chi connectivity index (χ3v) is 3.81. The van der Waals surface area contributed by atoms with Gasteiger partial charge in [-0.25, -0.2) is 0 Å². The number of hydrogen-bond acceptors (Lipinski definition) is 6. The lowest BCUT2D eigenvalue weighted by molar-refractivity contribution is -0.402. The number of benzene rings is 1. The minimum atomic E-state index is -0.709. The van der Waals surface area contributed by atoms with Crippen molar-refractivity contribution < 1.29 is 23.6 Å². The normalized spacial score (nSPS) is 13.7. The Balaban J connectivity index is 1.48. The van der Waals surface area contributed by atoms with Crippen molar-refractivity contribution in [3.05, 3.63) is 51.8 Å². The third-order valence-electron chi connectivity index (χ3n) is 3.81. The molecule has 1 N–H and O–H groups in total. The number of carbonyl (C=O) groups is 1. The average molecular weight is 370 g/mol. The largest absolute Gasteiger partial charge is 0.483 e. The maximum atomic E-state index is 11.8. The Labute approximate surface area is 155 Å². The summed E-state index contributed by atoms with van der Waals surface area (Å²) in [6, 6.07) is 8.11. The number of nitrogens with zero attached hydrogens (tertiary/aromatic N) is 1. The minimum Gasteiger partial charge on any atom is -0.483 e. The van der Waals surface area contributed by atoms with E-state index in [1.54, 1.807) is 0 Å². The second-order valence-electron chi connectivity index (χ2n) is 6.50. The topological polar surface area (TPSA) is 104 Å². The Morgan fingerprint density at radius 2 is 2.15 bits per heavy atom. The van der Waals surface area contributed by atoms with E-state index in [1.165, 1.54) is 6.07 Å². The Bertz CT molecular complexity index is 935. The molecule has 8 nitrogen and oxygen atoms in total. The molecule has 0 saturated heterocycles. The molecule has 3 rings (SSSR count). The molecule has 1 aromatic carbocycles. The molecule has 8 heteroatoms. The van der Waals surface area contributed by atoms with Crippen LogP contribution in [0, 0.1) is 22.0 Å². The number of hydrogen-bond donors (Lipinski definition) is 1. The van der Waals surface area contributed by atoms with Crippen LogP contribution in [0.4, 0.5) is 5.88 Å². The van der Waals surface area contributed by atoms with Crippen LogP contribution in [0.2, 0.25) is 0 Å². The van der Waals surface area contributed by atoms with Gasteiger partial charge in [-0.1, -0.05) is 24.0 Å². The lowest BCUT2D eigenvalue weighted by atomic mass is 10.0. The van der Waals surface area contributed by atoms with E-state index in [0.29, 0.717) is 5.75 Å². The van der Waals surface area contributed by atoms with Gasteiger partial charge in [-0.05, 0) is 26.0 Å². The molecule has 27 heavy (non-hydrogen) atoms. The monoisotopic (exact) mass is 370 g/mol. The predicted molar refractivity (Wildman–Crippen MR) is 95.8 cm³/mol. The van der Waals surface area contributed by atoms with Crippen molar-refractivity contribution in [2.75, 3.05) is 13.2 Å². The lowest BCUT2D eigenvalue weighted by Crippen LogP contribution is -2.24. The van der Waals surface area contributed by atoms with Gasteiger partial charge in [0.15, 0.2) is 17.3 Å². The van der Waals surface area contributed by atoms with Gasteiger partial charge in [0, 0.05) is 12.0 Å². The highest BCUT2D eigenvalue weighted by molar-refractivity contribution is 5.91. The van der Waals surface area contributed by atoms with Crippen LogP contribution < -0.4 is 14.8 Å². The van der Waals surface area contributed by atoms with E-state index in [1.807, 2.05) is 32.0 Å². The smallest absolute Gasteiger partial charge is 0.433 e. The highest BCUT2D eigenvalue weighted by atomic mass is 16.6.